The second-order valence-electron chi connectivity index (χ2n) is 4.61. The number of nitriles is 1. The topological polar surface area (TPSA) is 90.5 Å². The summed E-state index contributed by atoms with van der Waals surface area (Å²) in [6, 6.07) is 11.1. The van der Waals surface area contributed by atoms with Crippen LogP contribution in [0.5, 0.6) is 11.5 Å². The quantitative estimate of drug-likeness (QED) is 0.657. The molecule has 0 aliphatic rings. The largest absolute Gasteiger partial charge is 0.503 e. The molecule has 0 spiro atoms. The van der Waals surface area contributed by atoms with E-state index in [-0.39, 0.29) is 22.1 Å². The number of methoxy groups -OCH3 is 1. The summed E-state index contributed by atoms with van der Waals surface area (Å²) in [7, 11) is 1.40. The Hall–Kier alpha value is -2.97. The van der Waals surface area contributed by atoms with Crippen LogP contribution in [0.4, 0.5) is 0 Å². The number of nitrogens with zero attached hydrogens (tertiary/aromatic N) is 1. The third-order valence-corrected chi connectivity index (χ3v) is 3.43. The molecule has 5 nitrogen and oxygen atoms in total. The van der Waals surface area contributed by atoms with Gasteiger partial charge in [-0.25, -0.2) is 4.79 Å². The van der Waals surface area contributed by atoms with Gasteiger partial charge in [0.05, 0.1) is 29.3 Å². The Labute approximate surface area is 137 Å². The summed E-state index contributed by atoms with van der Waals surface area (Å²) in [5, 5.41) is 28.0. The van der Waals surface area contributed by atoms with Gasteiger partial charge < -0.3 is 14.9 Å². The molecule has 0 saturated carbocycles. The number of aromatic carboxylic acids is 1. The average molecular weight is 330 g/mol. The first-order valence-electron chi connectivity index (χ1n) is 6.48. The van der Waals surface area contributed by atoms with E-state index in [9.17, 15) is 15.2 Å². The molecule has 0 bridgehead atoms. The lowest BCUT2D eigenvalue weighted by molar-refractivity contribution is 0.0697. The zero-order chi connectivity index (χ0) is 17.0. The van der Waals surface area contributed by atoms with E-state index in [0.717, 1.165) is 0 Å². The van der Waals surface area contributed by atoms with Crippen LogP contribution in [0, 0.1) is 11.3 Å². The third kappa shape index (κ3) is 3.62. The zero-order valence-electron chi connectivity index (χ0n) is 12.1. The molecule has 0 heterocycles. The Morgan fingerprint density at radius 1 is 1.26 bits per heavy atom. The van der Waals surface area contributed by atoms with E-state index in [2.05, 4.69) is 6.07 Å². The van der Waals surface area contributed by atoms with Gasteiger partial charge in [0, 0.05) is 0 Å². The number of rotatable bonds is 4. The molecule has 0 amide bonds. The monoisotopic (exact) mass is 329 g/mol. The molecule has 2 N–H and O–H groups in total. The first-order valence-corrected chi connectivity index (χ1v) is 6.86. The molecule has 0 atom stereocenters. The van der Waals surface area contributed by atoms with Crippen LogP contribution in [0.1, 0.15) is 21.5 Å². The molecule has 0 unspecified atom stereocenters. The molecule has 2 aromatic carbocycles. The van der Waals surface area contributed by atoms with Crippen LogP contribution >= 0.6 is 11.6 Å². The standard InChI is InChI=1S/C17H12ClNO4/c1-23-15-8-10(7-14(18)16(15)20)6-13(9-19)11-2-4-12(5-3-11)17(21)22/h2-8,20H,1H3,(H,21,22). The molecule has 0 saturated heterocycles. The molecule has 0 fully saturated rings. The van der Waals surface area contributed by atoms with E-state index in [1.807, 2.05) is 0 Å². The number of carboxylic acids is 1. The number of aromatic hydroxyl groups is 1. The number of halogens is 1. The number of carbonyl (C=O) groups is 1. The van der Waals surface area contributed by atoms with Crippen molar-refractivity contribution in [2.75, 3.05) is 7.11 Å². The first kappa shape index (κ1) is 16.4. The van der Waals surface area contributed by atoms with Gasteiger partial charge in [-0.3, -0.25) is 0 Å². The second-order valence-corrected chi connectivity index (χ2v) is 5.01. The van der Waals surface area contributed by atoms with E-state index in [0.29, 0.717) is 16.7 Å². The summed E-state index contributed by atoms with van der Waals surface area (Å²) >= 11 is 5.92. The highest BCUT2D eigenvalue weighted by atomic mass is 35.5. The molecule has 0 aliphatic carbocycles. The number of benzene rings is 2. The van der Waals surface area contributed by atoms with Gasteiger partial charge in [0.25, 0.3) is 0 Å². The van der Waals surface area contributed by atoms with Gasteiger partial charge in [-0.05, 0) is 41.5 Å². The molecule has 2 aromatic rings. The van der Waals surface area contributed by atoms with Crippen LogP contribution in [0.3, 0.4) is 0 Å². The Morgan fingerprint density at radius 3 is 2.39 bits per heavy atom. The molecule has 23 heavy (non-hydrogen) atoms. The van der Waals surface area contributed by atoms with Crippen molar-refractivity contribution in [2.45, 2.75) is 0 Å². The van der Waals surface area contributed by atoms with E-state index in [4.69, 9.17) is 21.4 Å². The number of carboxylic acid groups (broad SMARTS) is 1. The SMILES string of the molecule is COc1cc(C=C(C#N)c2ccc(C(=O)O)cc2)cc(Cl)c1O. The maximum atomic E-state index is 10.9. The number of allylic oxidation sites excluding steroid dienone is 1. The van der Waals surface area contributed by atoms with Crippen molar-refractivity contribution in [3.8, 4) is 17.6 Å². The summed E-state index contributed by atoms with van der Waals surface area (Å²) in [6.45, 7) is 0. The lowest BCUT2D eigenvalue weighted by Gasteiger charge is -2.07. The fourth-order valence-electron chi connectivity index (χ4n) is 1.97. The maximum Gasteiger partial charge on any atom is 0.335 e. The summed E-state index contributed by atoms with van der Waals surface area (Å²) < 4.78 is 5.02. The molecule has 0 aliphatic heterocycles. The van der Waals surface area contributed by atoms with Crippen LogP contribution in [0.25, 0.3) is 11.6 Å². The zero-order valence-corrected chi connectivity index (χ0v) is 12.8. The number of phenolic OH excluding ortho intramolecular Hbond substituents is 1. The van der Waals surface area contributed by atoms with Crippen molar-refractivity contribution in [3.63, 3.8) is 0 Å². The molecule has 6 heteroatoms. The van der Waals surface area contributed by atoms with Crippen LogP contribution in [0.15, 0.2) is 36.4 Å². The smallest absolute Gasteiger partial charge is 0.335 e. The minimum absolute atomic E-state index is 0.106. The Bertz CT molecular complexity index is 820. The fourth-order valence-corrected chi connectivity index (χ4v) is 2.19. The minimum atomic E-state index is -1.03. The van der Waals surface area contributed by atoms with Gasteiger partial charge in [-0.15, -0.1) is 0 Å². The highest BCUT2D eigenvalue weighted by Crippen LogP contribution is 2.36. The van der Waals surface area contributed by atoms with Crippen LogP contribution in [-0.2, 0) is 0 Å². The van der Waals surface area contributed by atoms with Crippen molar-refractivity contribution in [1.29, 1.82) is 5.26 Å². The average Bonchev–Trinajstić information content (AvgIpc) is 2.55. The summed E-state index contributed by atoms with van der Waals surface area (Å²) in [5.41, 5.74) is 1.61. The van der Waals surface area contributed by atoms with Gasteiger partial charge >= 0.3 is 5.97 Å². The third-order valence-electron chi connectivity index (χ3n) is 3.14. The van der Waals surface area contributed by atoms with Crippen LogP contribution in [-0.4, -0.2) is 23.3 Å². The predicted molar refractivity (Wildman–Crippen MR) is 86.6 cm³/mol. The van der Waals surface area contributed by atoms with Crippen molar-refractivity contribution >= 4 is 29.2 Å². The number of phenols is 1. The summed E-state index contributed by atoms with van der Waals surface area (Å²) in [5.74, 6) is -1.01. The molecule has 2 rings (SSSR count). The predicted octanol–water partition coefficient (Wildman–Crippen LogP) is 3.82. The van der Waals surface area contributed by atoms with Gasteiger partial charge in [-0.1, -0.05) is 23.7 Å². The van der Waals surface area contributed by atoms with Gasteiger partial charge in [0.1, 0.15) is 0 Å². The molecule has 0 radical (unpaired) electrons. The summed E-state index contributed by atoms with van der Waals surface area (Å²) in [6.07, 6.45) is 1.57. The minimum Gasteiger partial charge on any atom is -0.503 e. The lowest BCUT2D eigenvalue weighted by Crippen LogP contribution is -1.95. The van der Waals surface area contributed by atoms with E-state index in [1.54, 1.807) is 24.3 Å². The van der Waals surface area contributed by atoms with Crippen molar-refractivity contribution < 1.29 is 19.7 Å². The Kier molecular flexibility index (Phi) is 4.89. The second kappa shape index (κ2) is 6.86. The lowest BCUT2D eigenvalue weighted by atomic mass is 10.0. The van der Waals surface area contributed by atoms with Gasteiger partial charge in [0.2, 0.25) is 0 Å². The molecule has 116 valence electrons. The van der Waals surface area contributed by atoms with E-state index < -0.39 is 5.97 Å². The van der Waals surface area contributed by atoms with E-state index in [1.165, 1.54) is 25.3 Å². The first-order chi connectivity index (χ1) is 11.0. The number of hydrogen-bond acceptors (Lipinski definition) is 4. The highest BCUT2D eigenvalue weighted by molar-refractivity contribution is 6.32. The Balaban J connectivity index is 2.45. The molecule has 0 aromatic heterocycles. The van der Waals surface area contributed by atoms with Crippen molar-refractivity contribution in [1.82, 2.24) is 0 Å². The maximum absolute atomic E-state index is 10.9. The molecular weight excluding hydrogens is 318 g/mol. The number of hydrogen-bond donors (Lipinski definition) is 2. The van der Waals surface area contributed by atoms with Crippen LogP contribution < -0.4 is 4.74 Å². The normalized spacial score (nSPS) is 10.9. The number of ether oxygens (including phenoxy) is 1. The summed E-state index contributed by atoms with van der Waals surface area (Å²) in [4.78, 5) is 10.9. The van der Waals surface area contributed by atoms with Crippen molar-refractivity contribution in [2.24, 2.45) is 0 Å². The van der Waals surface area contributed by atoms with Gasteiger partial charge in [-0.2, -0.15) is 5.26 Å². The fraction of sp³-hybridized carbons (Fsp3) is 0.0588. The van der Waals surface area contributed by atoms with E-state index >= 15 is 0 Å². The molecular formula is C17H12ClNO4. The highest BCUT2D eigenvalue weighted by Gasteiger charge is 2.10. The van der Waals surface area contributed by atoms with Gasteiger partial charge in [0.15, 0.2) is 11.5 Å². The Morgan fingerprint density at radius 2 is 1.87 bits per heavy atom. The van der Waals surface area contributed by atoms with Crippen molar-refractivity contribution in [3.05, 3.63) is 58.1 Å². The van der Waals surface area contributed by atoms with Crippen LogP contribution in [0.2, 0.25) is 5.02 Å².